The van der Waals surface area contributed by atoms with Gasteiger partial charge in [-0.1, -0.05) is 18.2 Å². The quantitative estimate of drug-likeness (QED) is 0.0853. The lowest BCUT2D eigenvalue weighted by Crippen LogP contribution is -2.35. The van der Waals surface area contributed by atoms with E-state index in [-0.39, 0.29) is 31.4 Å². The number of aromatic amines is 1. The minimum atomic E-state index is -0.613. The fourth-order valence-corrected chi connectivity index (χ4v) is 3.96. The monoisotopic (exact) mass is 530 g/mol. The maximum atomic E-state index is 13.2. The lowest BCUT2D eigenvalue weighted by molar-refractivity contribution is -0.142. The molecule has 0 bridgehead atoms. The van der Waals surface area contributed by atoms with Crippen LogP contribution in [0.1, 0.15) is 30.3 Å². The van der Waals surface area contributed by atoms with Crippen LogP contribution in [0.2, 0.25) is 0 Å². The van der Waals surface area contributed by atoms with Crippen molar-refractivity contribution in [2.24, 2.45) is 0 Å². The number of H-pyrrole nitrogens is 1. The van der Waals surface area contributed by atoms with Crippen LogP contribution in [0.3, 0.4) is 0 Å². The number of rotatable bonds is 10. The molecular weight excluding hydrogens is 500 g/mol. The normalized spacial score (nSPS) is 10.6. The Hall–Kier alpha value is -4.90. The maximum absolute atomic E-state index is 13.2. The average Bonchev–Trinajstić information content (AvgIpc) is 3.38. The SMILES string of the molecule is CCOC(=O)CCN(C(=O)Oc1ccc2[nH]c(CNc3ccc(C(=N)NO)cc3)nc2c1C)c1ccccc1. The van der Waals surface area contributed by atoms with Gasteiger partial charge in [-0.25, -0.2) is 9.78 Å². The number of imidazole rings is 1. The largest absolute Gasteiger partial charge is 0.466 e. The third-order valence-electron chi connectivity index (χ3n) is 5.98. The number of nitrogens with zero attached hydrogens (tertiary/aromatic N) is 2. The summed E-state index contributed by atoms with van der Waals surface area (Å²) in [6, 6.07) is 19.5. The number of hydroxylamine groups is 1. The van der Waals surface area contributed by atoms with Gasteiger partial charge in [0.1, 0.15) is 17.4 Å². The number of amidine groups is 1. The molecule has 39 heavy (non-hydrogen) atoms. The number of hydrogen-bond donors (Lipinski definition) is 5. The van der Waals surface area contributed by atoms with E-state index in [9.17, 15) is 9.59 Å². The Kier molecular flexibility index (Phi) is 8.75. The third-order valence-corrected chi connectivity index (χ3v) is 5.98. The standard InChI is InChI=1S/C28H30N6O5/c1-3-38-25(35)15-16-34(21-7-5-4-6-8-21)28(36)39-23-14-13-22-26(18(23)2)32-24(31-22)17-30-20-11-9-19(10-12-20)27(29)33-37/h4-14,30,37H,3,15-17H2,1-2H3,(H2,29,33)(H,31,32). The second-order valence-electron chi connectivity index (χ2n) is 8.60. The van der Waals surface area contributed by atoms with Crippen molar-refractivity contribution in [3.63, 3.8) is 0 Å². The highest BCUT2D eigenvalue weighted by Gasteiger charge is 2.21. The van der Waals surface area contributed by atoms with Crippen LogP contribution >= 0.6 is 0 Å². The first-order valence-electron chi connectivity index (χ1n) is 12.4. The van der Waals surface area contributed by atoms with Gasteiger partial charge in [0.15, 0.2) is 0 Å². The number of esters is 1. The van der Waals surface area contributed by atoms with Crippen molar-refractivity contribution in [2.45, 2.75) is 26.8 Å². The number of anilines is 2. The first-order chi connectivity index (χ1) is 18.9. The first-order valence-corrected chi connectivity index (χ1v) is 12.4. The number of benzene rings is 3. The van der Waals surface area contributed by atoms with Gasteiger partial charge in [0.05, 0.1) is 30.6 Å². The first kappa shape index (κ1) is 27.1. The zero-order valence-corrected chi connectivity index (χ0v) is 21.7. The molecule has 0 saturated carbocycles. The Bertz CT molecular complexity index is 1450. The lowest BCUT2D eigenvalue weighted by Gasteiger charge is -2.22. The molecule has 202 valence electrons. The lowest BCUT2D eigenvalue weighted by atomic mass is 10.2. The van der Waals surface area contributed by atoms with Gasteiger partial charge in [0, 0.05) is 29.0 Å². The Labute approximate surface area is 225 Å². The van der Waals surface area contributed by atoms with E-state index in [2.05, 4.69) is 15.3 Å². The Morgan fingerprint density at radius 3 is 2.51 bits per heavy atom. The van der Waals surface area contributed by atoms with Crippen molar-refractivity contribution in [2.75, 3.05) is 23.4 Å². The van der Waals surface area contributed by atoms with E-state index >= 15 is 0 Å². The van der Waals surface area contributed by atoms with Crippen LogP contribution in [0.25, 0.3) is 11.0 Å². The highest BCUT2D eigenvalue weighted by molar-refractivity contribution is 5.95. The number of amides is 1. The molecule has 0 spiro atoms. The van der Waals surface area contributed by atoms with Crippen LogP contribution in [-0.4, -0.2) is 46.2 Å². The van der Waals surface area contributed by atoms with Gasteiger partial charge in [0.2, 0.25) is 0 Å². The van der Waals surface area contributed by atoms with E-state index in [1.807, 2.05) is 30.6 Å². The summed E-state index contributed by atoms with van der Waals surface area (Å²) in [6.07, 6.45) is -0.576. The van der Waals surface area contributed by atoms with Gasteiger partial charge in [-0.3, -0.25) is 25.8 Å². The summed E-state index contributed by atoms with van der Waals surface area (Å²) in [7, 11) is 0. The summed E-state index contributed by atoms with van der Waals surface area (Å²) < 4.78 is 10.8. The van der Waals surface area contributed by atoms with Crippen molar-refractivity contribution in [1.82, 2.24) is 15.4 Å². The molecular formula is C28H30N6O5. The van der Waals surface area contributed by atoms with Gasteiger partial charge in [-0.15, -0.1) is 0 Å². The molecule has 11 nitrogen and oxygen atoms in total. The molecule has 1 amide bonds. The molecule has 0 atom stereocenters. The molecule has 3 aromatic carbocycles. The Morgan fingerprint density at radius 1 is 1.08 bits per heavy atom. The molecule has 0 saturated heterocycles. The van der Waals surface area contributed by atoms with Crippen molar-refractivity contribution in [3.8, 4) is 5.75 Å². The molecule has 0 aliphatic carbocycles. The topological polar surface area (TPSA) is 153 Å². The molecule has 1 aromatic heterocycles. The Morgan fingerprint density at radius 2 is 1.82 bits per heavy atom. The van der Waals surface area contributed by atoms with Crippen molar-refractivity contribution >= 4 is 40.3 Å². The number of aryl methyl sites for hydroxylation is 1. The van der Waals surface area contributed by atoms with Crippen molar-refractivity contribution in [1.29, 1.82) is 5.41 Å². The number of hydrogen-bond acceptors (Lipinski definition) is 8. The number of ether oxygens (including phenoxy) is 2. The van der Waals surface area contributed by atoms with Crippen LogP contribution in [0.4, 0.5) is 16.2 Å². The highest BCUT2D eigenvalue weighted by Crippen LogP contribution is 2.27. The van der Waals surface area contributed by atoms with E-state index in [4.69, 9.17) is 20.1 Å². The fourth-order valence-electron chi connectivity index (χ4n) is 3.96. The highest BCUT2D eigenvalue weighted by atomic mass is 16.6. The van der Waals surface area contributed by atoms with Crippen LogP contribution in [0, 0.1) is 12.3 Å². The van der Waals surface area contributed by atoms with Gasteiger partial charge >= 0.3 is 12.1 Å². The Balaban J connectivity index is 1.47. The van der Waals surface area contributed by atoms with Crippen LogP contribution in [0.5, 0.6) is 5.75 Å². The zero-order chi connectivity index (χ0) is 27.8. The van der Waals surface area contributed by atoms with E-state index in [1.54, 1.807) is 55.5 Å². The smallest absolute Gasteiger partial charge is 0.419 e. The summed E-state index contributed by atoms with van der Waals surface area (Å²) >= 11 is 0. The molecule has 5 N–H and O–H groups in total. The van der Waals surface area contributed by atoms with Gasteiger partial charge in [-0.2, -0.15) is 0 Å². The summed E-state index contributed by atoms with van der Waals surface area (Å²) in [5, 5.41) is 19.7. The number of carbonyl (C=O) groups excluding carboxylic acids is 2. The fraction of sp³-hybridized carbons (Fsp3) is 0.214. The second kappa shape index (κ2) is 12.6. The minimum Gasteiger partial charge on any atom is -0.466 e. The summed E-state index contributed by atoms with van der Waals surface area (Å²) in [4.78, 5) is 34.5. The van der Waals surface area contributed by atoms with Crippen molar-refractivity contribution in [3.05, 3.63) is 83.7 Å². The number of fused-ring (bicyclic) bond motifs is 1. The van der Waals surface area contributed by atoms with Gasteiger partial charge in [-0.05, 0) is 62.4 Å². The molecule has 0 aliphatic heterocycles. The molecule has 4 rings (SSSR count). The van der Waals surface area contributed by atoms with Gasteiger partial charge in [0.25, 0.3) is 0 Å². The number of carbonyl (C=O) groups is 2. The number of aromatic nitrogens is 2. The van der Waals surface area contributed by atoms with Crippen LogP contribution in [-0.2, 0) is 16.1 Å². The van der Waals surface area contributed by atoms with Crippen molar-refractivity contribution < 1.29 is 24.3 Å². The second-order valence-corrected chi connectivity index (χ2v) is 8.60. The number of nitrogens with one attached hydrogen (secondary N) is 4. The molecule has 11 heteroatoms. The third kappa shape index (κ3) is 6.70. The maximum Gasteiger partial charge on any atom is 0.419 e. The molecule has 0 unspecified atom stereocenters. The molecule has 4 aromatic rings. The minimum absolute atomic E-state index is 0.0369. The van der Waals surface area contributed by atoms with Gasteiger partial charge < -0.3 is 19.8 Å². The molecule has 0 fully saturated rings. The summed E-state index contributed by atoms with van der Waals surface area (Å²) in [5.74, 6) is 0.577. The van der Waals surface area contributed by atoms with E-state index in [0.29, 0.717) is 40.4 Å². The van der Waals surface area contributed by atoms with Crippen LogP contribution < -0.4 is 20.4 Å². The molecule has 1 heterocycles. The predicted octanol–water partition coefficient (Wildman–Crippen LogP) is 4.75. The van der Waals surface area contributed by atoms with E-state index in [0.717, 1.165) is 11.2 Å². The van der Waals surface area contributed by atoms with E-state index < -0.39 is 6.09 Å². The number of para-hydroxylation sites is 1. The molecule has 0 aliphatic rings. The van der Waals surface area contributed by atoms with Crippen LogP contribution in [0.15, 0.2) is 66.7 Å². The zero-order valence-electron chi connectivity index (χ0n) is 21.7. The van der Waals surface area contributed by atoms with E-state index in [1.165, 1.54) is 4.90 Å². The predicted molar refractivity (Wildman–Crippen MR) is 147 cm³/mol. The summed E-state index contributed by atoms with van der Waals surface area (Å²) in [5.41, 5.74) is 5.96. The average molecular weight is 531 g/mol. The molecule has 0 radical (unpaired) electrons. The summed E-state index contributed by atoms with van der Waals surface area (Å²) in [6.45, 7) is 4.36.